The monoisotopic (exact) mass is 446 g/mol. The van der Waals surface area contributed by atoms with E-state index in [2.05, 4.69) is 24.1 Å². The molecular weight excluding hydrogens is 416 g/mol. The zero-order valence-electron chi connectivity index (χ0n) is 19.1. The molecule has 0 fully saturated rings. The molecule has 0 unspecified atom stereocenters. The van der Waals surface area contributed by atoms with Gasteiger partial charge < -0.3 is 19.7 Å². The summed E-state index contributed by atoms with van der Waals surface area (Å²) in [6, 6.07) is 23.6. The van der Waals surface area contributed by atoms with Gasteiger partial charge in [-0.1, -0.05) is 56.3 Å². The molecule has 0 aliphatic carbocycles. The largest absolute Gasteiger partial charge is 0.488 e. The molecule has 0 radical (unpaired) electrons. The van der Waals surface area contributed by atoms with E-state index in [1.54, 1.807) is 42.5 Å². The Balaban J connectivity index is 1.57. The second kappa shape index (κ2) is 12.4. The lowest BCUT2D eigenvalue weighted by atomic mass is 10.1. The molecule has 1 amide bonds. The zero-order chi connectivity index (χ0) is 23.5. The van der Waals surface area contributed by atoms with Crippen molar-refractivity contribution in [2.75, 3.05) is 31.6 Å². The van der Waals surface area contributed by atoms with E-state index in [1.165, 1.54) is 0 Å². The van der Waals surface area contributed by atoms with Crippen molar-refractivity contribution in [2.24, 2.45) is 0 Å². The van der Waals surface area contributed by atoms with Crippen molar-refractivity contribution in [2.45, 2.75) is 20.5 Å². The van der Waals surface area contributed by atoms with E-state index in [0.29, 0.717) is 42.3 Å². The fraction of sp³-hybridized carbons (Fsp3) is 0.259. The molecule has 1 N–H and O–H groups in total. The Bertz CT molecular complexity index is 1030. The lowest BCUT2D eigenvalue weighted by Crippen LogP contribution is -2.27. The quantitative estimate of drug-likeness (QED) is 0.419. The number of para-hydroxylation sites is 1. The molecule has 0 aliphatic heterocycles. The predicted octanol–water partition coefficient (Wildman–Crippen LogP) is 5.02. The number of benzene rings is 3. The van der Waals surface area contributed by atoms with E-state index in [0.717, 1.165) is 18.7 Å². The number of esters is 1. The van der Waals surface area contributed by atoms with Crippen LogP contribution in [0.4, 0.5) is 5.69 Å². The van der Waals surface area contributed by atoms with Gasteiger partial charge in [-0.25, -0.2) is 4.79 Å². The summed E-state index contributed by atoms with van der Waals surface area (Å²) >= 11 is 0. The van der Waals surface area contributed by atoms with Gasteiger partial charge in [0.05, 0.1) is 11.1 Å². The molecule has 0 atom stereocenters. The highest BCUT2D eigenvalue weighted by Gasteiger charge is 2.14. The minimum atomic E-state index is -0.375. The van der Waals surface area contributed by atoms with Gasteiger partial charge in [0.25, 0.3) is 5.91 Å². The normalized spacial score (nSPS) is 10.6. The van der Waals surface area contributed by atoms with Gasteiger partial charge in [-0.05, 0) is 55.1 Å². The lowest BCUT2D eigenvalue weighted by Gasteiger charge is -2.17. The Hall–Kier alpha value is -3.64. The van der Waals surface area contributed by atoms with Gasteiger partial charge in [-0.15, -0.1) is 0 Å². The molecule has 0 spiro atoms. The predicted molar refractivity (Wildman–Crippen MR) is 130 cm³/mol. The topological polar surface area (TPSA) is 67.9 Å². The van der Waals surface area contributed by atoms with Gasteiger partial charge in [0.1, 0.15) is 19.0 Å². The average Bonchev–Trinajstić information content (AvgIpc) is 2.86. The second-order valence-corrected chi connectivity index (χ2v) is 7.46. The number of nitrogens with one attached hydrogen (secondary N) is 1. The summed E-state index contributed by atoms with van der Waals surface area (Å²) in [5, 5.41) is 2.86. The average molecular weight is 447 g/mol. The standard InChI is InChI=1S/C27H30N2O4/c1-3-29(4-2)18-19-32-27(31)22-14-16-23(17-15-22)28-26(30)24-12-8-9-13-25(24)33-20-21-10-6-5-7-11-21/h5-17H,3-4,18-20H2,1-2H3,(H,28,30). The summed E-state index contributed by atoms with van der Waals surface area (Å²) in [7, 11) is 0. The zero-order valence-corrected chi connectivity index (χ0v) is 19.1. The SMILES string of the molecule is CCN(CC)CCOC(=O)c1ccc(NC(=O)c2ccccc2OCc2ccccc2)cc1. The van der Waals surface area contributed by atoms with E-state index in [9.17, 15) is 9.59 Å². The first-order valence-electron chi connectivity index (χ1n) is 11.2. The number of hydrogen-bond donors (Lipinski definition) is 1. The van der Waals surface area contributed by atoms with E-state index >= 15 is 0 Å². The van der Waals surface area contributed by atoms with Gasteiger partial charge in [0.2, 0.25) is 0 Å². The smallest absolute Gasteiger partial charge is 0.338 e. The first-order chi connectivity index (χ1) is 16.1. The Morgan fingerprint density at radius 2 is 1.52 bits per heavy atom. The number of anilines is 1. The lowest BCUT2D eigenvalue weighted by molar-refractivity contribution is 0.0466. The van der Waals surface area contributed by atoms with Gasteiger partial charge in [0.15, 0.2) is 0 Å². The second-order valence-electron chi connectivity index (χ2n) is 7.46. The molecule has 3 rings (SSSR count). The van der Waals surface area contributed by atoms with Crippen molar-refractivity contribution < 1.29 is 19.1 Å². The van der Waals surface area contributed by atoms with Crippen LogP contribution in [0, 0.1) is 0 Å². The van der Waals surface area contributed by atoms with Crippen LogP contribution in [-0.4, -0.2) is 43.0 Å². The number of likely N-dealkylation sites (N-methyl/N-ethyl adjacent to an activating group) is 1. The Labute approximate surface area is 195 Å². The highest BCUT2D eigenvalue weighted by atomic mass is 16.5. The maximum atomic E-state index is 12.8. The molecule has 0 heterocycles. The van der Waals surface area contributed by atoms with Crippen molar-refractivity contribution >= 4 is 17.6 Å². The third-order valence-corrected chi connectivity index (χ3v) is 5.28. The van der Waals surface area contributed by atoms with Crippen molar-refractivity contribution in [3.63, 3.8) is 0 Å². The van der Waals surface area contributed by atoms with E-state index < -0.39 is 0 Å². The summed E-state index contributed by atoms with van der Waals surface area (Å²) in [6.45, 7) is 7.41. The van der Waals surface area contributed by atoms with Crippen LogP contribution >= 0.6 is 0 Å². The number of amides is 1. The Morgan fingerprint density at radius 1 is 0.848 bits per heavy atom. The molecule has 0 aliphatic rings. The highest BCUT2D eigenvalue weighted by molar-refractivity contribution is 6.06. The molecule has 0 aromatic heterocycles. The first-order valence-corrected chi connectivity index (χ1v) is 11.2. The van der Waals surface area contributed by atoms with Gasteiger partial charge in [-0.3, -0.25) is 4.79 Å². The molecule has 6 nitrogen and oxygen atoms in total. The summed E-state index contributed by atoms with van der Waals surface area (Å²) in [5.41, 5.74) is 2.48. The number of carbonyl (C=O) groups is 2. The molecule has 3 aromatic rings. The molecule has 0 saturated carbocycles. The molecule has 0 bridgehead atoms. The Kier molecular flexibility index (Phi) is 9.03. The van der Waals surface area contributed by atoms with E-state index in [1.807, 2.05) is 36.4 Å². The van der Waals surface area contributed by atoms with Gasteiger partial charge >= 0.3 is 5.97 Å². The van der Waals surface area contributed by atoms with Crippen LogP contribution in [-0.2, 0) is 11.3 Å². The minimum absolute atomic E-state index is 0.284. The van der Waals surface area contributed by atoms with Crippen LogP contribution in [0.2, 0.25) is 0 Å². The summed E-state index contributed by atoms with van der Waals surface area (Å²) in [4.78, 5) is 27.3. The highest BCUT2D eigenvalue weighted by Crippen LogP contribution is 2.21. The molecular formula is C27H30N2O4. The number of carbonyl (C=O) groups excluding carboxylic acids is 2. The summed E-state index contributed by atoms with van der Waals surface area (Å²) in [5.74, 6) is -0.153. The summed E-state index contributed by atoms with van der Waals surface area (Å²) in [6.07, 6.45) is 0. The fourth-order valence-corrected chi connectivity index (χ4v) is 3.29. The molecule has 6 heteroatoms. The van der Waals surface area contributed by atoms with Crippen LogP contribution in [0.25, 0.3) is 0 Å². The van der Waals surface area contributed by atoms with Crippen LogP contribution in [0.1, 0.15) is 40.1 Å². The van der Waals surface area contributed by atoms with Crippen molar-refractivity contribution in [1.29, 1.82) is 0 Å². The maximum absolute atomic E-state index is 12.8. The molecule has 33 heavy (non-hydrogen) atoms. The molecule has 0 saturated heterocycles. The third kappa shape index (κ3) is 7.19. The minimum Gasteiger partial charge on any atom is -0.488 e. The van der Waals surface area contributed by atoms with E-state index in [4.69, 9.17) is 9.47 Å². The number of nitrogens with zero attached hydrogens (tertiary/aromatic N) is 1. The maximum Gasteiger partial charge on any atom is 0.338 e. The van der Waals surface area contributed by atoms with Crippen LogP contribution in [0.3, 0.4) is 0 Å². The third-order valence-electron chi connectivity index (χ3n) is 5.28. The van der Waals surface area contributed by atoms with Crippen LogP contribution < -0.4 is 10.1 Å². The Morgan fingerprint density at radius 3 is 2.21 bits per heavy atom. The number of hydrogen-bond acceptors (Lipinski definition) is 5. The summed E-state index contributed by atoms with van der Waals surface area (Å²) < 4.78 is 11.2. The molecule has 3 aromatic carbocycles. The van der Waals surface area contributed by atoms with Crippen molar-refractivity contribution in [3.05, 3.63) is 95.6 Å². The number of ether oxygens (including phenoxy) is 2. The fourth-order valence-electron chi connectivity index (χ4n) is 3.29. The van der Waals surface area contributed by atoms with E-state index in [-0.39, 0.29) is 11.9 Å². The van der Waals surface area contributed by atoms with Crippen LogP contribution in [0.5, 0.6) is 5.75 Å². The van der Waals surface area contributed by atoms with Gasteiger partial charge in [-0.2, -0.15) is 0 Å². The number of rotatable bonds is 11. The van der Waals surface area contributed by atoms with Crippen LogP contribution in [0.15, 0.2) is 78.9 Å². The first kappa shape index (κ1) is 24.0. The van der Waals surface area contributed by atoms with Crippen molar-refractivity contribution in [1.82, 2.24) is 4.90 Å². The molecule has 172 valence electrons. The van der Waals surface area contributed by atoms with Gasteiger partial charge in [0, 0.05) is 12.2 Å². The van der Waals surface area contributed by atoms with Crippen molar-refractivity contribution in [3.8, 4) is 5.75 Å².